The number of aromatic nitrogens is 2. The quantitative estimate of drug-likeness (QED) is 0.857. The number of carbonyl (C=O) groups is 2. The van der Waals surface area contributed by atoms with Crippen LogP contribution in [0.15, 0.2) is 44.2 Å². The summed E-state index contributed by atoms with van der Waals surface area (Å²) in [6.45, 7) is 3.10. The molecule has 0 saturated carbocycles. The van der Waals surface area contributed by atoms with Crippen molar-refractivity contribution in [1.29, 1.82) is 0 Å². The number of benzene rings is 1. The Balaban J connectivity index is 1.96. The van der Waals surface area contributed by atoms with Gasteiger partial charge in [0.25, 0.3) is 0 Å². The Labute approximate surface area is 151 Å². The fraction of sp³-hybridized carbons (Fsp3) is 0.294. The summed E-state index contributed by atoms with van der Waals surface area (Å²) in [6, 6.07) is 3.49. The van der Waals surface area contributed by atoms with Gasteiger partial charge in [-0.2, -0.15) is 15.2 Å². The van der Waals surface area contributed by atoms with Gasteiger partial charge in [0.2, 0.25) is 11.7 Å². The van der Waals surface area contributed by atoms with Crippen molar-refractivity contribution in [3.63, 3.8) is 0 Å². The van der Waals surface area contributed by atoms with Crippen molar-refractivity contribution in [2.24, 2.45) is 10.2 Å². The molecule has 0 bridgehead atoms. The number of hydrogen-bond acceptors (Lipinski definition) is 7. The van der Waals surface area contributed by atoms with Crippen molar-refractivity contribution in [1.82, 2.24) is 10.1 Å². The second-order valence-corrected chi connectivity index (χ2v) is 6.13. The largest absolute Gasteiger partial charge is 0.481 e. The summed E-state index contributed by atoms with van der Waals surface area (Å²) in [7, 11) is 0. The highest BCUT2D eigenvalue weighted by Gasteiger charge is 2.45. The lowest BCUT2D eigenvalue weighted by molar-refractivity contribution is -0.141. The first-order valence-corrected chi connectivity index (χ1v) is 7.87. The molecule has 1 aliphatic rings. The van der Waals surface area contributed by atoms with Crippen LogP contribution in [-0.4, -0.2) is 32.5 Å². The number of carbonyl (C=O) groups excluding carboxylic acids is 1. The number of aliphatic carboxylic acids is 1. The van der Waals surface area contributed by atoms with Crippen molar-refractivity contribution in [3.05, 3.63) is 47.0 Å². The third-order valence-electron chi connectivity index (χ3n) is 4.25. The van der Waals surface area contributed by atoms with Crippen LogP contribution < -0.4 is 0 Å². The Bertz CT molecular complexity index is 999. The van der Waals surface area contributed by atoms with Crippen LogP contribution in [0.25, 0.3) is 11.4 Å². The second kappa shape index (κ2) is 6.78. The summed E-state index contributed by atoms with van der Waals surface area (Å²) in [4.78, 5) is 27.9. The van der Waals surface area contributed by atoms with E-state index in [0.717, 1.165) is 6.07 Å². The third kappa shape index (κ3) is 3.37. The van der Waals surface area contributed by atoms with Gasteiger partial charge in [-0.25, -0.2) is 8.78 Å². The van der Waals surface area contributed by atoms with Crippen molar-refractivity contribution >= 4 is 11.8 Å². The van der Waals surface area contributed by atoms with E-state index in [0.29, 0.717) is 5.70 Å². The van der Waals surface area contributed by atoms with Gasteiger partial charge in [-0.05, 0) is 26.0 Å². The summed E-state index contributed by atoms with van der Waals surface area (Å²) in [6.07, 6.45) is -0.970. The summed E-state index contributed by atoms with van der Waals surface area (Å²) in [5.41, 5.74) is -1.29. The van der Waals surface area contributed by atoms with Gasteiger partial charge in [-0.3, -0.25) is 9.59 Å². The molecule has 0 amide bonds. The third-order valence-corrected chi connectivity index (χ3v) is 4.25. The maximum Gasteiger partial charge on any atom is 0.306 e. The number of carboxylic acid groups (broad SMARTS) is 1. The van der Waals surface area contributed by atoms with Gasteiger partial charge in [0.1, 0.15) is 0 Å². The maximum absolute atomic E-state index is 13.9. The van der Waals surface area contributed by atoms with E-state index in [2.05, 4.69) is 20.4 Å². The number of carboxylic acids is 1. The molecule has 2 heterocycles. The van der Waals surface area contributed by atoms with Crippen LogP contribution in [0.3, 0.4) is 0 Å². The number of Topliss-reactive ketones (excluding diaryl/α,β-unsaturated/α-hetero) is 1. The first kappa shape index (κ1) is 18.5. The minimum Gasteiger partial charge on any atom is -0.481 e. The van der Waals surface area contributed by atoms with Crippen LogP contribution >= 0.6 is 0 Å². The minimum atomic E-state index is -1.74. The van der Waals surface area contributed by atoms with E-state index < -0.39 is 35.3 Å². The number of ketones is 1. The number of rotatable bonds is 5. The van der Waals surface area contributed by atoms with Gasteiger partial charge in [0, 0.05) is 5.57 Å². The van der Waals surface area contributed by atoms with E-state index in [1.165, 1.54) is 19.1 Å². The number of nitrogens with zero attached hydrogens (tertiary/aromatic N) is 4. The highest BCUT2D eigenvalue weighted by molar-refractivity contribution is 6.05. The summed E-state index contributed by atoms with van der Waals surface area (Å²) in [5.74, 6) is -4.37. The van der Waals surface area contributed by atoms with Crippen molar-refractivity contribution in [2.45, 2.75) is 32.2 Å². The van der Waals surface area contributed by atoms with Crippen LogP contribution in [0.4, 0.5) is 8.78 Å². The van der Waals surface area contributed by atoms with E-state index in [9.17, 15) is 23.5 Å². The molecule has 2 aromatic rings. The van der Waals surface area contributed by atoms with Gasteiger partial charge in [-0.15, -0.1) is 0 Å². The Hall–Kier alpha value is -3.30. The van der Waals surface area contributed by atoms with Gasteiger partial charge in [0.15, 0.2) is 23.0 Å². The van der Waals surface area contributed by atoms with Gasteiger partial charge >= 0.3 is 5.97 Å². The Morgan fingerprint density at radius 1 is 1.30 bits per heavy atom. The molecule has 1 unspecified atom stereocenters. The predicted molar refractivity (Wildman–Crippen MR) is 86.6 cm³/mol. The minimum absolute atomic E-state index is 0.144. The fourth-order valence-corrected chi connectivity index (χ4v) is 2.71. The molecule has 1 N–H and O–H groups in total. The number of hydrogen-bond donors (Lipinski definition) is 1. The van der Waals surface area contributed by atoms with E-state index in [-0.39, 0.29) is 29.3 Å². The molecule has 1 atom stereocenters. The molecule has 0 spiro atoms. The standard InChI is InChI=1S/C17H14F2N4O4/c1-8-9(2)21-23-17(15(8)26,7-13(24)25)6-12-20-16(22-27-12)10-4-3-5-11(18)14(10)19/h3-5H,6-7H2,1-2H3,(H,24,25). The lowest BCUT2D eigenvalue weighted by Gasteiger charge is -2.27. The molecule has 10 heteroatoms. The molecule has 8 nitrogen and oxygen atoms in total. The van der Waals surface area contributed by atoms with E-state index in [1.807, 2.05) is 0 Å². The molecule has 1 aromatic carbocycles. The van der Waals surface area contributed by atoms with Crippen LogP contribution in [0, 0.1) is 11.6 Å². The summed E-state index contributed by atoms with van der Waals surface area (Å²) < 4.78 is 32.3. The monoisotopic (exact) mass is 376 g/mol. The fourth-order valence-electron chi connectivity index (χ4n) is 2.71. The normalized spacial score (nSPS) is 19.6. The molecule has 0 aliphatic carbocycles. The average molecular weight is 376 g/mol. The van der Waals surface area contributed by atoms with Crippen molar-refractivity contribution < 1.29 is 28.0 Å². The highest BCUT2D eigenvalue weighted by atomic mass is 19.2. The van der Waals surface area contributed by atoms with E-state index in [4.69, 9.17) is 4.52 Å². The first-order chi connectivity index (χ1) is 12.7. The zero-order valence-electron chi connectivity index (χ0n) is 14.4. The lowest BCUT2D eigenvalue weighted by Crippen LogP contribution is -2.43. The Kier molecular flexibility index (Phi) is 4.64. The number of azo groups is 1. The van der Waals surface area contributed by atoms with Gasteiger partial charge in [-0.1, -0.05) is 11.2 Å². The van der Waals surface area contributed by atoms with Crippen LogP contribution in [0.5, 0.6) is 0 Å². The van der Waals surface area contributed by atoms with E-state index >= 15 is 0 Å². The average Bonchev–Trinajstić information content (AvgIpc) is 3.06. The second-order valence-electron chi connectivity index (χ2n) is 6.13. The van der Waals surface area contributed by atoms with Crippen LogP contribution in [-0.2, 0) is 16.0 Å². The predicted octanol–water partition coefficient (Wildman–Crippen LogP) is 3.10. The smallest absolute Gasteiger partial charge is 0.306 e. The Morgan fingerprint density at radius 3 is 2.74 bits per heavy atom. The van der Waals surface area contributed by atoms with Crippen molar-refractivity contribution in [2.75, 3.05) is 0 Å². The first-order valence-electron chi connectivity index (χ1n) is 7.87. The van der Waals surface area contributed by atoms with Crippen LogP contribution in [0.1, 0.15) is 26.2 Å². The lowest BCUT2D eigenvalue weighted by atomic mass is 9.82. The van der Waals surface area contributed by atoms with E-state index in [1.54, 1.807) is 6.92 Å². The maximum atomic E-state index is 13.9. The highest BCUT2D eigenvalue weighted by Crippen LogP contribution is 2.33. The molecular formula is C17H14F2N4O4. The summed E-state index contributed by atoms with van der Waals surface area (Å²) in [5, 5.41) is 20.6. The van der Waals surface area contributed by atoms with Crippen molar-refractivity contribution in [3.8, 4) is 11.4 Å². The van der Waals surface area contributed by atoms with Gasteiger partial charge < -0.3 is 9.63 Å². The topological polar surface area (TPSA) is 118 Å². The molecule has 0 radical (unpaired) electrons. The molecule has 0 saturated heterocycles. The molecule has 1 aliphatic heterocycles. The zero-order valence-corrected chi connectivity index (χ0v) is 14.4. The van der Waals surface area contributed by atoms with Gasteiger partial charge in [0.05, 0.1) is 24.1 Å². The number of halogens is 2. The SMILES string of the molecule is CC1=C(C)C(=O)C(CC(=O)O)(Cc2nc(-c3cccc(F)c3F)no2)N=N1. The molecular weight excluding hydrogens is 362 g/mol. The van der Waals surface area contributed by atoms with Crippen LogP contribution in [0.2, 0.25) is 0 Å². The number of allylic oxidation sites excluding steroid dienone is 1. The molecule has 27 heavy (non-hydrogen) atoms. The molecule has 3 rings (SSSR count). The zero-order chi connectivity index (χ0) is 19.8. The summed E-state index contributed by atoms with van der Waals surface area (Å²) >= 11 is 0. The Morgan fingerprint density at radius 2 is 2.04 bits per heavy atom. The molecule has 140 valence electrons. The molecule has 1 aromatic heterocycles. The molecule has 0 fully saturated rings.